The first kappa shape index (κ1) is 27.1. The van der Waals surface area contributed by atoms with Crippen molar-refractivity contribution in [2.24, 2.45) is 4.99 Å². The van der Waals surface area contributed by atoms with Crippen molar-refractivity contribution in [2.75, 3.05) is 33.7 Å². The van der Waals surface area contributed by atoms with Crippen molar-refractivity contribution in [1.29, 1.82) is 0 Å². The first-order valence-corrected chi connectivity index (χ1v) is 11.6. The molecule has 7 heteroatoms. The van der Waals surface area contributed by atoms with Crippen LogP contribution in [0.15, 0.2) is 59.6 Å². The number of piperidine rings is 1. The molecule has 0 bridgehead atoms. The number of aliphatic imine (C=N–C) groups is 1. The number of benzene rings is 2. The molecule has 0 radical (unpaired) electrons. The summed E-state index contributed by atoms with van der Waals surface area (Å²) in [5.41, 5.74) is 3.90. The number of hydrogen-bond acceptors (Lipinski definition) is 3. The Morgan fingerprint density at radius 2 is 1.67 bits per heavy atom. The minimum atomic E-state index is 0. The number of nitrogens with one attached hydrogen (secondary N) is 2. The van der Waals surface area contributed by atoms with Gasteiger partial charge in [-0.15, -0.1) is 24.0 Å². The zero-order valence-corrected chi connectivity index (χ0v) is 22.4. The maximum atomic E-state index is 12.1. The molecule has 0 atom stereocenters. The number of carbonyl (C=O) groups is 1. The van der Waals surface area contributed by atoms with E-state index < -0.39 is 0 Å². The molecule has 1 fully saturated rings. The minimum absolute atomic E-state index is 0. The number of rotatable bonds is 8. The fourth-order valence-electron chi connectivity index (χ4n) is 3.96. The third kappa shape index (κ3) is 8.97. The van der Waals surface area contributed by atoms with Gasteiger partial charge in [0.1, 0.15) is 0 Å². The fraction of sp³-hybridized carbons (Fsp3) is 0.462. The smallest absolute Gasteiger partial charge is 0.241 e. The van der Waals surface area contributed by atoms with E-state index in [9.17, 15) is 4.79 Å². The van der Waals surface area contributed by atoms with Crippen molar-refractivity contribution in [1.82, 2.24) is 20.4 Å². The molecular weight excluding hydrogens is 525 g/mol. The highest BCUT2D eigenvalue weighted by atomic mass is 127. The molecule has 0 aliphatic carbocycles. The van der Waals surface area contributed by atoms with E-state index in [0.717, 1.165) is 38.9 Å². The van der Waals surface area contributed by atoms with Gasteiger partial charge in [-0.05, 0) is 36.0 Å². The summed E-state index contributed by atoms with van der Waals surface area (Å²) in [6.07, 6.45) is 3.10. The normalized spacial score (nSPS) is 14.9. The summed E-state index contributed by atoms with van der Waals surface area (Å²) in [5.74, 6) is 0.749. The minimum Gasteiger partial charge on any atom is -0.354 e. The summed E-state index contributed by atoms with van der Waals surface area (Å²) in [6, 6.07) is 19.4. The first-order valence-electron chi connectivity index (χ1n) is 11.6. The van der Waals surface area contributed by atoms with Crippen LogP contribution in [0.1, 0.15) is 36.5 Å². The average molecular weight is 564 g/mol. The Morgan fingerprint density at radius 3 is 2.30 bits per heavy atom. The first-order chi connectivity index (χ1) is 15.5. The van der Waals surface area contributed by atoms with Crippen LogP contribution >= 0.6 is 24.0 Å². The van der Waals surface area contributed by atoms with Crippen LogP contribution < -0.4 is 10.6 Å². The lowest BCUT2D eigenvalue weighted by Crippen LogP contribution is -2.50. The largest absolute Gasteiger partial charge is 0.354 e. The molecule has 3 rings (SSSR count). The molecule has 1 aliphatic rings. The topological polar surface area (TPSA) is 60.0 Å². The van der Waals surface area contributed by atoms with Crippen LogP contribution in [0.25, 0.3) is 0 Å². The second-order valence-corrected chi connectivity index (χ2v) is 8.61. The highest BCUT2D eigenvalue weighted by Gasteiger charge is 2.20. The Balaban J connectivity index is 0.00000385. The van der Waals surface area contributed by atoms with Crippen LogP contribution in [0.2, 0.25) is 0 Å². The van der Waals surface area contributed by atoms with Gasteiger partial charge in [0.05, 0.1) is 13.1 Å². The standard InChI is InChI=1S/C26H37N5O.HI/c1-4-22-12-8-9-13-23(22)18-27-26(28-19-25(32)30(2)3)29-24-14-16-31(17-15-24)20-21-10-6-5-7-11-21;/h5-13,24H,4,14-20H2,1-3H3,(H2,27,28,29);1H. The number of guanidine groups is 1. The average Bonchev–Trinajstić information content (AvgIpc) is 2.82. The molecule has 2 N–H and O–H groups in total. The lowest BCUT2D eigenvalue weighted by Gasteiger charge is -2.33. The molecule has 1 saturated heterocycles. The van der Waals surface area contributed by atoms with E-state index >= 15 is 0 Å². The zero-order chi connectivity index (χ0) is 22.8. The van der Waals surface area contributed by atoms with Crippen molar-refractivity contribution in [2.45, 2.75) is 45.3 Å². The molecule has 1 heterocycles. The molecule has 0 unspecified atom stereocenters. The number of carbonyl (C=O) groups excluding carboxylic acids is 1. The van der Waals surface area contributed by atoms with Gasteiger partial charge in [-0.3, -0.25) is 9.69 Å². The lowest BCUT2D eigenvalue weighted by molar-refractivity contribution is -0.127. The molecule has 1 aliphatic heterocycles. The zero-order valence-electron chi connectivity index (χ0n) is 20.1. The second kappa shape index (κ2) is 14.2. The third-order valence-electron chi connectivity index (χ3n) is 5.99. The Hall–Kier alpha value is -2.13. The van der Waals surface area contributed by atoms with E-state index in [0.29, 0.717) is 18.5 Å². The van der Waals surface area contributed by atoms with Gasteiger partial charge in [-0.1, -0.05) is 61.5 Å². The van der Waals surface area contributed by atoms with Gasteiger partial charge >= 0.3 is 0 Å². The van der Waals surface area contributed by atoms with Crippen molar-refractivity contribution < 1.29 is 4.79 Å². The highest BCUT2D eigenvalue weighted by Crippen LogP contribution is 2.14. The van der Waals surface area contributed by atoms with E-state index in [-0.39, 0.29) is 36.4 Å². The third-order valence-corrected chi connectivity index (χ3v) is 5.99. The maximum absolute atomic E-state index is 12.1. The summed E-state index contributed by atoms with van der Waals surface area (Å²) in [6.45, 7) is 6.10. The molecule has 33 heavy (non-hydrogen) atoms. The Bertz CT molecular complexity index is 879. The monoisotopic (exact) mass is 563 g/mol. The highest BCUT2D eigenvalue weighted by molar-refractivity contribution is 14.0. The van der Waals surface area contributed by atoms with Crippen LogP contribution in [0.4, 0.5) is 0 Å². The lowest BCUT2D eigenvalue weighted by atomic mass is 10.0. The summed E-state index contributed by atoms with van der Waals surface area (Å²) < 4.78 is 0. The van der Waals surface area contributed by atoms with Crippen molar-refractivity contribution in [3.05, 3.63) is 71.3 Å². The Labute approximate surface area is 215 Å². The number of likely N-dealkylation sites (N-methyl/N-ethyl adjacent to an activating group) is 1. The van der Waals surface area contributed by atoms with Gasteiger partial charge in [-0.25, -0.2) is 4.99 Å². The van der Waals surface area contributed by atoms with E-state index in [4.69, 9.17) is 4.99 Å². The fourth-order valence-corrected chi connectivity index (χ4v) is 3.96. The molecule has 0 aromatic heterocycles. The number of halogens is 1. The Morgan fingerprint density at radius 1 is 1.03 bits per heavy atom. The molecule has 2 aromatic carbocycles. The summed E-state index contributed by atoms with van der Waals surface area (Å²) >= 11 is 0. The van der Waals surface area contributed by atoms with Crippen LogP contribution in [-0.4, -0.2) is 61.4 Å². The van der Waals surface area contributed by atoms with E-state index in [2.05, 4.69) is 77.1 Å². The van der Waals surface area contributed by atoms with E-state index in [1.807, 2.05) is 0 Å². The van der Waals surface area contributed by atoms with Gasteiger partial charge in [0.15, 0.2) is 5.96 Å². The molecule has 6 nitrogen and oxygen atoms in total. The Kier molecular flexibility index (Phi) is 11.7. The SMILES string of the molecule is CCc1ccccc1CN=C(NCC(=O)N(C)C)NC1CCN(Cc2ccccc2)CC1.I. The number of nitrogens with zero attached hydrogens (tertiary/aromatic N) is 3. The quantitative estimate of drug-likeness (QED) is 0.293. The van der Waals surface area contributed by atoms with Crippen molar-refractivity contribution in [3.8, 4) is 0 Å². The van der Waals surface area contributed by atoms with E-state index in [1.165, 1.54) is 16.7 Å². The van der Waals surface area contributed by atoms with Crippen LogP contribution in [0.5, 0.6) is 0 Å². The van der Waals surface area contributed by atoms with Crippen LogP contribution in [0.3, 0.4) is 0 Å². The summed E-state index contributed by atoms with van der Waals surface area (Å²) in [5, 5.41) is 6.82. The predicted octanol–water partition coefficient (Wildman–Crippen LogP) is 3.66. The molecule has 1 amide bonds. The predicted molar refractivity (Wildman–Crippen MR) is 147 cm³/mol. The van der Waals surface area contributed by atoms with Gasteiger partial charge < -0.3 is 15.5 Å². The maximum Gasteiger partial charge on any atom is 0.241 e. The summed E-state index contributed by atoms with van der Waals surface area (Å²) in [4.78, 5) is 21.0. The van der Waals surface area contributed by atoms with Gasteiger partial charge in [0.2, 0.25) is 5.91 Å². The number of amides is 1. The van der Waals surface area contributed by atoms with Gasteiger partial charge in [0.25, 0.3) is 0 Å². The number of aryl methyl sites for hydroxylation is 1. The number of likely N-dealkylation sites (tertiary alicyclic amines) is 1. The second-order valence-electron chi connectivity index (χ2n) is 8.61. The summed E-state index contributed by atoms with van der Waals surface area (Å²) in [7, 11) is 3.54. The molecule has 180 valence electrons. The van der Waals surface area contributed by atoms with Gasteiger partial charge in [-0.2, -0.15) is 0 Å². The van der Waals surface area contributed by atoms with Crippen LogP contribution in [0, 0.1) is 0 Å². The van der Waals surface area contributed by atoms with Gasteiger partial charge in [0, 0.05) is 39.8 Å². The van der Waals surface area contributed by atoms with Crippen molar-refractivity contribution in [3.63, 3.8) is 0 Å². The van der Waals surface area contributed by atoms with Crippen LogP contribution in [-0.2, 0) is 24.3 Å². The molecule has 2 aromatic rings. The molecule has 0 spiro atoms. The molecular formula is C26H38IN5O. The molecule has 0 saturated carbocycles. The van der Waals surface area contributed by atoms with E-state index in [1.54, 1.807) is 19.0 Å². The number of hydrogen-bond donors (Lipinski definition) is 2. The van der Waals surface area contributed by atoms with Crippen molar-refractivity contribution >= 4 is 35.8 Å².